The summed E-state index contributed by atoms with van der Waals surface area (Å²) in [4.78, 5) is 14.4. The van der Waals surface area contributed by atoms with Crippen LogP contribution >= 0.6 is 11.3 Å². The molecule has 7 heteroatoms. The number of carboxylic acids is 1. The molecule has 94 valence electrons. The number of aromatic nitrogens is 1. The van der Waals surface area contributed by atoms with Gasteiger partial charge in [-0.1, -0.05) is 0 Å². The van der Waals surface area contributed by atoms with Gasteiger partial charge in [0, 0.05) is 12.1 Å². The highest BCUT2D eigenvalue weighted by atomic mass is 32.1. The molecule has 0 radical (unpaired) electrons. The molecule has 0 atom stereocenters. The van der Waals surface area contributed by atoms with Gasteiger partial charge in [0.15, 0.2) is 5.69 Å². The Morgan fingerprint density at radius 1 is 1.44 bits per heavy atom. The summed E-state index contributed by atoms with van der Waals surface area (Å²) in [6.45, 7) is -0.00787. The van der Waals surface area contributed by atoms with Crippen LogP contribution in [0.1, 0.15) is 16.1 Å². The molecule has 0 bridgehead atoms. The van der Waals surface area contributed by atoms with Crippen LogP contribution in [-0.2, 0) is 6.54 Å². The minimum atomic E-state index is -1.17. The van der Waals surface area contributed by atoms with E-state index in [9.17, 15) is 13.6 Å². The molecule has 4 nitrogen and oxygen atoms in total. The van der Waals surface area contributed by atoms with Crippen LogP contribution in [0.2, 0.25) is 0 Å². The van der Waals surface area contributed by atoms with Gasteiger partial charge in [-0.05, 0) is 18.2 Å². The highest BCUT2D eigenvalue weighted by molar-refractivity contribution is 7.14. The second kappa shape index (κ2) is 5.09. The standard InChI is InChI=1S/C11H8F2N2O2S/c12-7-1-2-8(13)6(3-7)4-14-10-9(11(16)17)15-5-18-10/h1-3,5,14H,4H2,(H,16,17). The fourth-order valence-electron chi connectivity index (χ4n) is 1.38. The summed E-state index contributed by atoms with van der Waals surface area (Å²) < 4.78 is 26.2. The predicted molar refractivity (Wildman–Crippen MR) is 62.8 cm³/mol. The highest BCUT2D eigenvalue weighted by Crippen LogP contribution is 2.21. The van der Waals surface area contributed by atoms with E-state index in [1.165, 1.54) is 5.51 Å². The summed E-state index contributed by atoms with van der Waals surface area (Å²) in [7, 11) is 0. The molecule has 0 spiro atoms. The molecule has 2 rings (SSSR count). The van der Waals surface area contributed by atoms with Crippen LogP contribution in [0.3, 0.4) is 0 Å². The maximum atomic E-state index is 13.3. The molecular formula is C11H8F2N2O2S. The number of rotatable bonds is 4. The third-order valence-corrected chi connectivity index (χ3v) is 3.00. The fraction of sp³-hybridized carbons (Fsp3) is 0.0909. The molecule has 0 unspecified atom stereocenters. The minimum absolute atomic E-state index is 0.00787. The number of carboxylic acid groups (broad SMARTS) is 1. The number of aromatic carboxylic acids is 1. The first-order chi connectivity index (χ1) is 8.58. The van der Waals surface area contributed by atoms with E-state index in [0.29, 0.717) is 5.00 Å². The number of nitrogens with one attached hydrogen (secondary N) is 1. The molecule has 0 fully saturated rings. The number of benzene rings is 1. The number of nitrogens with zero attached hydrogens (tertiary/aromatic N) is 1. The van der Waals surface area contributed by atoms with E-state index in [-0.39, 0.29) is 17.8 Å². The SMILES string of the molecule is O=C(O)c1ncsc1NCc1cc(F)ccc1F. The minimum Gasteiger partial charge on any atom is -0.476 e. The van der Waals surface area contributed by atoms with Gasteiger partial charge in [0.1, 0.15) is 16.6 Å². The lowest BCUT2D eigenvalue weighted by atomic mass is 10.2. The van der Waals surface area contributed by atoms with E-state index in [2.05, 4.69) is 10.3 Å². The van der Waals surface area contributed by atoms with Crippen LogP contribution < -0.4 is 5.32 Å². The summed E-state index contributed by atoms with van der Waals surface area (Å²) in [6, 6.07) is 3.11. The largest absolute Gasteiger partial charge is 0.476 e. The molecule has 0 saturated carbocycles. The lowest BCUT2D eigenvalue weighted by Gasteiger charge is -2.06. The number of thiazole rings is 1. The number of hydrogen-bond donors (Lipinski definition) is 2. The average molecular weight is 270 g/mol. The van der Waals surface area contributed by atoms with Crippen molar-refractivity contribution in [2.75, 3.05) is 5.32 Å². The van der Waals surface area contributed by atoms with Crippen molar-refractivity contribution in [3.63, 3.8) is 0 Å². The van der Waals surface area contributed by atoms with Gasteiger partial charge in [-0.3, -0.25) is 0 Å². The van der Waals surface area contributed by atoms with Gasteiger partial charge >= 0.3 is 5.97 Å². The van der Waals surface area contributed by atoms with Crippen molar-refractivity contribution in [3.8, 4) is 0 Å². The second-order valence-electron chi connectivity index (χ2n) is 3.42. The van der Waals surface area contributed by atoms with Gasteiger partial charge < -0.3 is 10.4 Å². The number of halogens is 2. The van der Waals surface area contributed by atoms with Crippen LogP contribution in [0.25, 0.3) is 0 Å². The van der Waals surface area contributed by atoms with Crippen LogP contribution in [-0.4, -0.2) is 16.1 Å². The van der Waals surface area contributed by atoms with Gasteiger partial charge in [-0.2, -0.15) is 0 Å². The summed E-state index contributed by atoms with van der Waals surface area (Å²) >= 11 is 1.09. The van der Waals surface area contributed by atoms with Crippen molar-refractivity contribution < 1.29 is 18.7 Å². The third-order valence-electron chi connectivity index (χ3n) is 2.22. The molecular weight excluding hydrogens is 262 g/mol. The van der Waals surface area contributed by atoms with Gasteiger partial charge in [0.05, 0.1) is 5.51 Å². The highest BCUT2D eigenvalue weighted by Gasteiger charge is 2.13. The molecule has 1 aromatic heterocycles. The van der Waals surface area contributed by atoms with Crippen molar-refractivity contribution in [2.24, 2.45) is 0 Å². The van der Waals surface area contributed by atoms with Crippen LogP contribution in [0.5, 0.6) is 0 Å². The first-order valence-corrected chi connectivity index (χ1v) is 5.80. The van der Waals surface area contributed by atoms with E-state index >= 15 is 0 Å². The zero-order chi connectivity index (χ0) is 13.1. The average Bonchev–Trinajstić information content (AvgIpc) is 2.79. The van der Waals surface area contributed by atoms with Gasteiger partial charge in [-0.15, -0.1) is 11.3 Å². The molecule has 1 heterocycles. The molecule has 2 N–H and O–H groups in total. The topological polar surface area (TPSA) is 62.2 Å². The smallest absolute Gasteiger partial charge is 0.357 e. The molecule has 2 aromatic rings. The van der Waals surface area contributed by atoms with Crippen molar-refractivity contribution in [1.29, 1.82) is 0 Å². The van der Waals surface area contributed by atoms with E-state index in [1.54, 1.807) is 0 Å². The Hall–Kier alpha value is -2.02. The van der Waals surface area contributed by atoms with Gasteiger partial charge in [0.25, 0.3) is 0 Å². The number of anilines is 1. The molecule has 0 aliphatic carbocycles. The monoisotopic (exact) mass is 270 g/mol. The van der Waals surface area contributed by atoms with Crippen LogP contribution in [0, 0.1) is 11.6 Å². The lowest BCUT2D eigenvalue weighted by Crippen LogP contribution is -2.06. The Morgan fingerprint density at radius 2 is 2.22 bits per heavy atom. The molecule has 0 saturated heterocycles. The summed E-state index contributed by atoms with van der Waals surface area (Å²) in [5.41, 5.74) is 1.37. The number of carbonyl (C=O) groups is 1. The van der Waals surface area contributed by atoms with Crippen molar-refractivity contribution in [1.82, 2.24) is 4.98 Å². The Morgan fingerprint density at radius 3 is 2.94 bits per heavy atom. The summed E-state index contributed by atoms with van der Waals surface area (Å²) in [5, 5.41) is 11.9. The van der Waals surface area contributed by atoms with Crippen molar-refractivity contribution >= 4 is 22.3 Å². The van der Waals surface area contributed by atoms with Gasteiger partial charge in [0.2, 0.25) is 0 Å². The quantitative estimate of drug-likeness (QED) is 0.896. The molecule has 0 aliphatic rings. The fourth-order valence-corrected chi connectivity index (χ4v) is 2.05. The summed E-state index contributed by atoms with van der Waals surface area (Å²) in [6.07, 6.45) is 0. The van der Waals surface area contributed by atoms with E-state index in [0.717, 1.165) is 29.5 Å². The van der Waals surface area contributed by atoms with Crippen molar-refractivity contribution in [2.45, 2.75) is 6.54 Å². The molecule has 1 aromatic carbocycles. The predicted octanol–water partition coefficient (Wildman–Crippen LogP) is 2.73. The van der Waals surface area contributed by atoms with Crippen molar-refractivity contribution in [3.05, 3.63) is 46.6 Å². The normalized spacial score (nSPS) is 10.3. The first-order valence-electron chi connectivity index (χ1n) is 4.92. The Kier molecular flexibility index (Phi) is 3.52. The Bertz CT molecular complexity index is 586. The zero-order valence-electron chi connectivity index (χ0n) is 8.98. The Balaban J connectivity index is 2.14. The molecule has 0 amide bonds. The maximum absolute atomic E-state index is 13.3. The Labute approximate surface area is 105 Å². The lowest BCUT2D eigenvalue weighted by molar-refractivity contribution is 0.0692. The molecule has 0 aliphatic heterocycles. The second-order valence-corrected chi connectivity index (χ2v) is 4.28. The van der Waals surface area contributed by atoms with Gasteiger partial charge in [-0.25, -0.2) is 18.6 Å². The maximum Gasteiger partial charge on any atom is 0.357 e. The van der Waals surface area contributed by atoms with E-state index in [1.807, 2.05) is 0 Å². The van der Waals surface area contributed by atoms with Crippen LogP contribution in [0.4, 0.5) is 13.8 Å². The van der Waals surface area contributed by atoms with E-state index in [4.69, 9.17) is 5.11 Å². The van der Waals surface area contributed by atoms with E-state index < -0.39 is 17.6 Å². The zero-order valence-corrected chi connectivity index (χ0v) is 9.80. The number of hydrogen-bond acceptors (Lipinski definition) is 4. The molecule has 18 heavy (non-hydrogen) atoms. The first kappa shape index (κ1) is 12.4. The van der Waals surface area contributed by atoms with Crippen LogP contribution in [0.15, 0.2) is 23.7 Å². The third kappa shape index (κ3) is 2.62. The summed E-state index contributed by atoms with van der Waals surface area (Å²) in [5.74, 6) is -2.26.